The number of nitrogens with zero attached hydrogens (tertiary/aromatic N) is 1. The molecule has 0 bridgehead atoms. The van der Waals surface area contributed by atoms with Crippen LogP contribution in [0.1, 0.15) is 38.3 Å². The Morgan fingerprint density at radius 2 is 2.29 bits per heavy atom. The van der Waals surface area contributed by atoms with Crippen molar-refractivity contribution in [1.82, 2.24) is 4.90 Å². The highest BCUT2D eigenvalue weighted by Gasteiger charge is 2.44. The van der Waals surface area contributed by atoms with Crippen LogP contribution in [0.15, 0.2) is 18.2 Å². The molecule has 2 unspecified atom stereocenters. The summed E-state index contributed by atoms with van der Waals surface area (Å²) in [5, 5.41) is 9.44. The molecule has 0 aromatic heterocycles. The van der Waals surface area contributed by atoms with E-state index in [1.54, 1.807) is 6.07 Å². The Morgan fingerprint density at radius 1 is 1.57 bits per heavy atom. The summed E-state index contributed by atoms with van der Waals surface area (Å²) in [6.07, 6.45) is 1.25. The number of hydrogen-bond acceptors (Lipinski definition) is 3. The number of hydrogen-bond donors (Lipinski definition) is 1. The first-order valence-electron chi connectivity index (χ1n) is 7.24. The molecule has 5 heteroatoms. The highest BCUT2D eigenvalue weighted by Crippen LogP contribution is 2.38. The third-order valence-electron chi connectivity index (χ3n) is 4.72. The van der Waals surface area contributed by atoms with E-state index in [1.807, 2.05) is 19.9 Å². The largest absolute Gasteiger partial charge is 0.494 e. The molecule has 4 nitrogen and oxygen atoms in total. The Labute approximate surface area is 124 Å². The average Bonchev–Trinajstić information content (AvgIpc) is 2.92. The number of carboxylic acid groups (broad SMARTS) is 1. The SMILES string of the molecule is CCC1(C(=O)O)CCN(C(C)c2ccc(OC)c(F)c2)C1. The number of ether oxygens (including phenoxy) is 1. The number of methoxy groups -OCH3 is 1. The summed E-state index contributed by atoms with van der Waals surface area (Å²) in [5.74, 6) is -0.900. The van der Waals surface area contributed by atoms with E-state index in [1.165, 1.54) is 13.2 Å². The predicted molar refractivity (Wildman–Crippen MR) is 77.9 cm³/mol. The first-order chi connectivity index (χ1) is 9.93. The molecule has 0 amide bonds. The molecule has 1 aliphatic heterocycles. The maximum Gasteiger partial charge on any atom is 0.310 e. The molecule has 0 saturated carbocycles. The minimum absolute atomic E-state index is 0.0156. The number of rotatable bonds is 5. The molecule has 1 aromatic carbocycles. The van der Waals surface area contributed by atoms with Crippen LogP contribution in [0.2, 0.25) is 0 Å². The predicted octanol–water partition coefficient (Wildman–Crippen LogP) is 3.08. The first kappa shape index (κ1) is 15.8. The van der Waals surface area contributed by atoms with Crippen LogP contribution in [-0.4, -0.2) is 36.2 Å². The van der Waals surface area contributed by atoms with E-state index < -0.39 is 11.4 Å². The van der Waals surface area contributed by atoms with Crippen molar-refractivity contribution in [3.05, 3.63) is 29.6 Å². The lowest BCUT2D eigenvalue weighted by Crippen LogP contribution is -2.35. The normalized spacial score (nSPS) is 24.0. The highest BCUT2D eigenvalue weighted by atomic mass is 19.1. The summed E-state index contributed by atoms with van der Waals surface area (Å²) >= 11 is 0. The van der Waals surface area contributed by atoms with Gasteiger partial charge in [-0.3, -0.25) is 9.69 Å². The maximum absolute atomic E-state index is 13.8. The molecule has 1 fully saturated rings. The zero-order chi connectivity index (χ0) is 15.6. The lowest BCUT2D eigenvalue weighted by Gasteiger charge is -2.27. The fraction of sp³-hybridized carbons (Fsp3) is 0.562. The Morgan fingerprint density at radius 3 is 2.76 bits per heavy atom. The minimum atomic E-state index is -0.736. The van der Waals surface area contributed by atoms with Crippen molar-refractivity contribution < 1.29 is 19.0 Å². The highest BCUT2D eigenvalue weighted by molar-refractivity contribution is 5.75. The molecule has 1 saturated heterocycles. The third-order valence-corrected chi connectivity index (χ3v) is 4.72. The van der Waals surface area contributed by atoms with Crippen molar-refractivity contribution in [2.24, 2.45) is 5.41 Å². The smallest absolute Gasteiger partial charge is 0.310 e. The molecular weight excluding hydrogens is 273 g/mol. The molecule has 2 atom stereocenters. The Hall–Kier alpha value is -1.62. The summed E-state index contributed by atoms with van der Waals surface area (Å²) in [5.41, 5.74) is 0.171. The van der Waals surface area contributed by atoms with Crippen LogP contribution in [-0.2, 0) is 4.79 Å². The second-order valence-electron chi connectivity index (χ2n) is 5.73. The van der Waals surface area contributed by atoms with Gasteiger partial charge in [-0.1, -0.05) is 13.0 Å². The van der Waals surface area contributed by atoms with Gasteiger partial charge < -0.3 is 9.84 Å². The topological polar surface area (TPSA) is 49.8 Å². The standard InChI is InChI=1S/C16H22FNO3/c1-4-16(15(19)20)7-8-18(10-16)11(2)12-5-6-14(21-3)13(17)9-12/h5-6,9,11H,4,7-8,10H2,1-3H3,(H,19,20). The molecule has 1 aromatic rings. The summed E-state index contributed by atoms with van der Waals surface area (Å²) in [4.78, 5) is 13.6. The number of aliphatic carboxylic acids is 1. The van der Waals surface area contributed by atoms with Crippen molar-refractivity contribution in [2.75, 3.05) is 20.2 Å². The van der Waals surface area contributed by atoms with Crippen molar-refractivity contribution in [1.29, 1.82) is 0 Å². The quantitative estimate of drug-likeness (QED) is 0.907. The molecule has 2 rings (SSSR count). The van der Waals surface area contributed by atoms with Crippen molar-refractivity contribution in [3.8, 4) is 5.75 Å². The number of carbonyl (C=O) groups is 1. The van der Waals surface area contributed by atoms with Gasteiger partial charge in [0.05, 0.1) is 12.5 Å². The third kappa shape index (κ3) is 2.88. The van der Waals surface area contributed by atoms with E-state index in [0.29, 0.717) is 19.4 Å². The number of halogens is 1. The van der Waals surface area contributed by atoms with Gasteiger partial charge in [0.1, 0.15) is 0 Å². The van der Waals surface area contributed by atoms with E-state index >= 15 is 0 Å². The van der Waals surface area contributed by atoms with Crippen LogP contribution >= 0.6 is 0 Å². The lowest BCUT2D eigenvalue weighted by atomic mass is 9.84. The maximum atomic E-state index is 13.8. The van der Waals surface area contributed by atoms with Crippen LogP contribution in [0.3, 0.4) is 0 Å². The van der Waals surface area contributed by atoms with Gasteiger partial charge in [-0.05, 0) is 44.0 Å². The van der Waals surface area contributed by atoms with Gasteiger partial charge >= 0.3 is 5.97 Å². The van der Waals surface area contributed by atoms with Gasteiger partial charge in [0, 0.05) is 12.6 Å². The summed E-state index contributed by atoms with van der Waals surface area (Å²) < 4.78 is 18.7. The molecule has 0 spiro atoms. The van der Waals surface area contributed by atoms with Crippen LogP contribution in [0.5, 0.6) is 5.75 Å². The van der Waals surface area contributed by atoms with Crippen LogP contribution in [0, 0.1) is 11.2 Å². The van der Waals surface area contributed by atoms with Gasteiger partial charge in [0.15, 0.2) is 11.6 Å². The summed E-state index contributed by atoms with van der Waals surface area (Å²) in [6, 6.07) is 4.90. The molecule has 21 heavy (non-hydrogen) atoms. The molecule has 116 valence electrons. The zero-order valence-electron chi connectivity index (χ0n) is 12.7. The van der Waals surface area contributed by atoms with E-state index in [4.69, 9.17) is 4.74 Å². The average molecular weight is 295 g/mol. The van der Waals surface area contributed by atoms with E-state index in [2.05, 4.69) is 4.90 Å². The van der Waals surface area contributed by atoms with Gasteiger partial charge in [-0.15, -0.1) is 0 Å². The monoisotopic (exact) mass is 295 g/mol. The van der Waals surface area contributed by atoms with Gasteiger partial charge in [0.2, 0.25) is 0 Å². The zero-order valence-corrected chi connectivity index (χ0v) is 12.7. The number of benzene rings is 1. The van der Waals surface area contributed by atoms with Crippen LogP contribution in [0.25, 0.3) is 0 Å². The number of carboxylic acids is 1. The first-order valence-corrected chi connectivity index (χ1v) is 7.24. The van der Waals surface area contributed by atoms with Crippen LogP contribution in [0.4, 0.5) is 4.39 Å². The molecule has 1 aliphatic rings. The van der Waals surface area contributed by atoms with E-state index in [0.717, 1.165) is 12.1 Å². The molecule has 1 heterocycles. The second-order valence-corrected chi connectivity index (χ2v) is 5.73. The summed E-state index contributed by atoms with van der Waals surface area (Å²) in [6.45, 7) is 5.12. The van der Waals surface area contributed by atoms with Gasteiger partial charge in [-0.2, -0.15) is 0 Å². The molecule has 0 radical (unpaired) electrons. The molecule has 1 N–H and O–H groups in total. The Balaban J connectivity index is 2.16. The molecule has 0 aliphatic carbocycles. The molecular formula is C16H22FNO3. The van der Waals surface area contributed by atoms with Gasteiger partial charge in [0.25, 0.3) is 0 Å². The Bertz CT molecular complexity index is 534. The van der Waals surface area contributed by atoms with Crippen LogP contribution < -0.4 is 4.74 Å². The summed E-state index contributed by atoms with van der Waals surface area (Å²) in [7, 11) is 1.43. The van der Waals surface area contributed by atoms with Crippen molar-refractivity contribution in [3.63, 3.8) is 0 Å². The van der Waals surface area contributed by atoms with E-state index in [-0.39, 0.29) is 17.6 Å². The fourth-order valence-electron chi connectivity index (χ4n) is 3.00. The van der Waals surface area contributed by atoms with E-state index in [9.17, 15) is 14.3 Å². The number of likely N-dealkylation sites (tertiary alicyclic amines) is 1. The lowest BCUT2D eigenvalue weighted by molar-refractivity contribution is -0.148. The minimum Gasteiger partial charge on any atom is -0.494 e. The Kier molecular flexibility index (Phi) is 4.52. The van der Waals surface area contributed by atoms with Crippen molar-refractivity contribution >= 4 is 5.97 Å². The van der Waals surface area contributed by atoms with Crippen molar-refractivity contribution in [2.45, 2.75) is 32.7 Å². The fourth-order valence-corrected chi connectivity index (χ4v) is 3.00. The van der Waals surface area contributed by atoms with Gasteiger partial charge in [-0.25, -0.2) is 4.39 Å². The second kappa shape index (κ2) is 6.02.